The monoisotopic (exact) mass is 344 g/mol. The molecule has 0 radical (unpaired) electrons. The van der Waals surface area contributed by atoms with Crippen molar-refractivity contribution in [2.45, 2.75) is 11.8 Å². The summed E-state index contributed by atoms with van der Waals surface area (Å²) in [4.78, 5) is 26.9. The van der Waals surface area contributed by atoms with E-state index in [2.05, 4.69) is 5.32 Å². The lowest BCUT2D eigenvalue weighted by Gasteiger charge is -2.18. The maximum Gasteiger partial charge on any atom is 0.257 e. The summed E-state index contributed by atoms with van der Waals surface area (Å²) in [5, 5.41) is 12.6. The number of thioether (sulfide) groups is 1. The molecule has 2 amide bonds. The van der Waals surface area contributed by atoms with Crippen LogP contribution in [-0.2, 0) is 4.79 Å². The highest BCUT2D eigenvalue weighted by Crippen LogP contribution is 2.24. The molecular weight excluding hydrogens is 324 g/mol. The Bertz CT molecular complexity index is 762. The number of likely N-dealkylation sites (N-methyl/N-ethyl adjacent to an activating group) is 1. The van der Waals surface area contributed by atoms with E-state index in [-0.39, 0.29) is 23.8 Å². The summed E-state index contributed by atoms with van der Waals surface area (Å²) in [6, 6.07) is 12.3. The number of nitrogens with zero attached hydrogens (tertiary/aromatic N) is 1. The van der Waals surface area contributed by atoms with Crippen molar-refractivity contribution >= 4 is 29.3 Å². The minimum Gasteiger partial charge on any atom is -0.507 e. The first-order chi connectivity index (χ1) is 11.4. The molecule has 0 saturated heterocycles. The van der Waals surface area contributed by atoms with Gasteiger partial charge in [-0.25, -0.2) is 0 Å². The number of phenolic OH excluding ortho intramolecular Hbond substituents is 1. The second kappa shape index (κ2) is 7.88. The topological polar surface area (TPSA) is 69.6 Å². The Morgan fingerprint density at radius 3 is 2.62 bits per heavy atom. The van der Waals surface area contributed by atoms with Gasteiger partial charge in [-0.3, -0.25) is 9.59 Å². The molecule has 0 aliphatic rings. The zero-order chi connectivity index (χ0) is 17.7. The van der Waals surface area contributed by atoms with Crippen molar-refractivity contribution in [3.8, 4) is 5.75 Å². The Balaban J connectivity index is 2.06. The van der Waals surface area contributed by atoms with Crippen LogP contribution in [-0.4, -0.2) is 41.7 Å². The number of para-hydroxylation sites is 1. The number of phenols is 1. The van der Waals surface area contributed by atoms with Gasteiger partial charge in [-0.1, -0.05) is 23.8 Å². The molecule has 0 unspecified atom stereocenters. The van der Waals surface area contributed by atoms with Crippen LogP contribution >= 0.6 is 11.8 Å². The quantitative estimate of drug-likeness (QED) is 0.818. The Morgan fingerprint density at radius 1 is 1.21 bits per heavy atom. The molecule has 126 valence electrons. The Labute approximate surface area is 145 Å². The summed E-state index contributed by atoms with van der Waals surface area (Å²) >= 11 is 1.53. The Hall–Kier alpha value is -2.47. The third-order valence-electron chi connectivity index (χ3n) is 3.49. The van der Waals surface area contributed by atoms with Crippen molar-refractivity contribution in [3.05, 3.63) is 53.6 Å². The van der Waals surface area contributed by atoms with Crippen LogP contribution in [0.15, 0.2) is 47.4 Å². The van der Waals surface area contributed by atoms with Gasteiger partial charge in [0.1, 0.15) is 5.75 Å². The fourth-order valence-electron chi connectivity index (χ4n) is 2.25. The van der Waals surface area contributed by atoms with E-state index in [0.29, 0.717) is 5.69 Å². The zero-order valence-corrected chi connectivity index (χ0v) is 14.7. The number of aromatic hydroxyl groups is 1. The van der Waals surface area contributed by atoms with E-state index in [1.807, 2.05) is 37.4 Å². The lowest BCUT2D eigenvalue weighted by atomic mass is 10.1. The molecule has 0 aliphatic carbocycles. The van der Waals surface area contributed by atoms with E-state index in [9.17, 15) is 14.7 Å². The normalized spacial score (nSPS) is 10.3. The highest BCUT2D eigenvalue weighted by Gasteiger charge is 2.18. The summed E-state index contributed by atoms with van der Waals surface area (Å²) in [5.41, 5.74) is 1.77. The number of anilines is 1. The molecule has 2 aromatic rings. The fraction of sp³-hybridized carbons (Fsp3) is 0.222. The average Bonchev–Trinajstić information content (AvgIpc) is 2.56. The van der Waals surface area contributed by atoms with Crippen LogP contribution in [0.2, 0.25) is 0 Å². The molecule has 0 bridgehead atoms. The molecule has 0 aliphatic heterocycles. The summed E-state index contributed by atoms with van der Waals surface area (Å²) < 4.78 is 0. The van der Waals surface area contributed by atoms with Gasteiger partial charge in [0.15, 0.2) is 0 Å². The Morgan fingerprint density at radius 2 is 1.92 bits per heavy atom. The molecule has 2 N–H and O–H groups in total. The van der Waals surface area contributed by atoms with Crippen LogP contribution in [0.4, 0.5) is 5.69 Å². The van der Waals surface area contributed by atoms with Gasteiger partial charge in [0, 0.05) is 11.9 Å². The predicted octanol–water partition coefficient (Wildman–Crippen LogP) is 3.13. The number of carbonyl (C=O) groups excluding carboxylic acids is 2. The summed E-state index contributed by atoms with van der Waals surface area (Å²) in [5.74, 6) is -0.783. The number of rotatable bonds is 5. The van der Waals surface area contributed by atoms with Gasteiger partial charge in [-0.05, 0) is 37.4 Å². The van der Waals surface area contributed by atoms with E-state index in [1.54, 1.807) is 12.1 Å². The number of carbonyl (C=O) groups is 2. The van der Waals surface area contributed by atoms with Crippen LogP contribution in [0.25, 0.3) is 0 Å². The molecule has 0 aromatic heterocycles. The largest absolute Gasteiger partial charge is 0.507 e. The highest BCUT2D eigenvalue weighted by molar-refractivity contribution is 7.98. The summed E-state index contributed by atoms with van der Waals surface area (Å²) in [6.45, 7) is 1.73. The molecule has 0 atom stereocenters. The van der Waals surface area contributed by atoms with Crippen molar-refractivity contribution in [1.29, 1.82) is 0 Å². The van der Waals surface area contributed by atoms with Gasteiger partial charge in [0.25, 0.3) is 5.91 Å². The molecule has 2 aromatic carbocycles. The van der Waals surface area contributed by atoms with Gasteiger partial charge >= 0.3 is 0 Å². The summed E-state index contributed by atoms with van der Waals surface area (Å²) in [6.07, 6.45) is 1.93. The predicted molar refractivity (Wildman–Crippen MR) is 96.7 cm³/mol. The number of aryl methyl sites for hydroxylation is 1. The first-order valence-electron chi connectivity index (χ1n) is 7.40. The molecule has 6 heteroatoms. The van der Waals surface area contributed by atoms with Gasteiger partial charge in [-0.15, -0.1) is 11.8 Å². The van der Waals surface area contributed by atoms with E-state index < -0.39 is 5.91 Å². The molecule has 0 spiro atoms. The highest BCUT2D eigenvalue weighted by atomic mass is 32.2. The molecular formula is C18H20N2O3S. The number of nitrogens with one attached hydrogen (secondary N) is 1. The molecule has 0 fully saturated rings. The lowest BCUT2D eigenvalue weighted by molar-refractivity contribution is -0.116. The zero-order valence-electron chi connectivity index (χ0n) is 13.9. The minimum atomic E-state index is -0.399. The van der Waals surface area contributed by atoms with E-state index in [0.717, 1.165) is 10.5 Å². The second-order valence-electron chi connectivity index (χ2n) is 5.43. The van der Waals surface area contributed by atoms with Crippen molar-refractivity contribution in [2.24, 2.45) is 0 Å². The van der Waals surface area contributed by atoms with Gasteiger partial charge in [0.2, 0.25) is 5.91 Å². The third-order valence-corrected chi connectivity index (χ3v) is 4.29. The van der Waals surface area contributed by atoms with Crippen molar-refractivity contribution in [3.63, 3.8) is 0 Å². The van der Waals surface area contributed by atoms with Crippen molar-refractivity contribution in [1.82, 2.24) is 4.90 Å². The maximum absolute atomic E-state index is 12.4. The number of benzene rings is 2. The van der Waals surface area contributed by atoms with Crippen LogP contribution < -0.4 is 5.32 Å². The molecule has 5 nitrogen and oxygen atoms in total. The molecule has 24 heavy (non-hydrogen) atoms. The SMILES string of the molecule is CSc1ccccc1NC(=O)CN(C)C(=O)c1cc(C)ccc1O. The number of hydrogen-bond acceptors (Lipinski definition) is 4. The summed E-state index contributed by atoms with van der Waals surface area (Å²) in [7, 11) is 1.53. The average molecular weight is 344 g/mol. The van der Waals surface area contributed by atoms with E-state index in [1.165, 1.54) is 29.8 Å². The first kappa shape index (κ1) is 17.9. The Kier molecular flexibility index (Phi) is 5.87. The van der Waals surface area contributed by atoms with Crippen LogP contribution in [0.3, 0.4) is 0 Å². The third kappa shape index (κ3) is 4.29. The second-order valence-corrected chi connectivity index (χ2v) is 6.28. The molecule has 2 rings (SSSR count). The van der Waals surface area contributed by atoms with E-state index >= 15 is 0 Å². The van der Waals surface area contributed by atoms with Gasteiger partial charge in [0.05, 0.1) is 17.8 Å². The fourth-order valence-corrected chi connectivity index (χ4v) is 2.81. The van der Waals surface area contributed by atoms with Gasteiger partial charge in [-0.2, -0.15) is 0 Å². The van der Waals surface area contributed by atoms with Crippen LogP contribution in [0.5, 0.6) is 5.75 Å². The first-order valence-corrected chi connectivity index (χ1v) is 8.62. The van der Waals surface area contributed by atoms with E-state index in [4.69, 9.17) is 0 Å². The van der Waals surface area contributed by atoms with Gasteiger partial charge < -0.3 is 15.3 Å². The van der Waals surface area contributed by atoms with Crippen molar-refractivity contribution < 1.29 is 14.7 Å². The minimum absolute atomic E-state index is 0.0920. The lowest BCUT2D eigenvalue weighted by Crippen LogP contribution is -2.35. The standard InChI is InChI=1S/C18H20N2O3S/c1-12-8-9-15(21)13(10-12)18(23)20(2)11-17(22)19-14-6-4-5-7-16(14)24-3/h4-10,21H,11H2,1-3H3,(H,19,22). The van der Waals surface area contributed by atoms with Crippen molar-refractivity contribution in [2.75, 3.05) is 25.2 Å². The van der Waals surface area contributed by atoms with Crippen LogP contribution in [0, 0.1) is 6.92 Å². The van der Waals surface area contributed by atoms with Crippen LogP contribution in [0.1, 0.15) is 15.9 Å². The smallest absolute Gasteiger partial charge is 0.257 e. The molecule has 0 heterocycles. The molecule has 0 saturated carbocycles. The number of hydrogen-bond donors (Lipinski definition) is 2. The number of amides is 2. The maximum atomic E-state index is 12.4.